The number of nitrogens with zero attached hydrogens (tertiary/aromatic N) is 4. The number of ether oxygens (including phenoxy) is 2. The van der Waals surface area contributed by atoms with Gasteiger partial charge in [-0.3, -0.25) is 4.99 Å². The van der Waals surface area contributed by atoms with E-state index in [9.17, 15) is 0 Å². The van der Waals surface area contributed by atoms with E-state index in [0.29, 0.717) is 12.5 Å². The Morgan fingerprint density at radius 1 is 1.18 bits per heavy atom. The largest absolute Gasteiger partial charge is 0.493 e. The van der Waals surface area contributed by atoms with Crippen molar-refractivity contribution < 1.29 is 9.47 Å². The number of anilines is 1. The number of benzene rings is 1. The smallest absolute Gasteiger partial charge is 0.191 e. The molecule has 0 radical (unpaired) electrons. The first kappa shape index (κ1) is 20.3. The second-order valence-electron chi connectivity index (χ2n) is 7.42. The van der Waals surface area contributed by atoms with E-state index in [4.69, 9.17) is 20.2 Å². The zero-order valence-corrected chi connectivity index (χ0v) is 17.8. The monoisotopic (exact) mass is 403 g/mol. The SMILES string of the molecule is COc1ccc(C(C)(C)CN=C(N)N2CCN(c3nccs3)CC2)cc1OC. The van der Waals surface area contributed by atoms with Crippen molar-refractivity contribution in [3.63, 3.8) is 0 Å². The highest BCUT2D eigenvalue weighted by Gasteiger charge is 2.24. The van der Waals surface area contributed by atoms with Gasteiger partial charge in [0, 0.05) is 43.2 Å². The maximum Gasteiger partial charge on any atom is 0.191 e. The molecule has 28 heavy (non-hydrogen) atoms. The zero-order chi connectivity index (χ0) is 20.1. The number of guanidine groups is 1. The van der Waals surface area contributed by atoms with Crippen LogP contribution in [0.1, 0.15) is 19.4 Å². The van der Waals surface area contributed by atoms with Gasteiger partial charge in [0.05, 0.1) is 20.8 Å². The molecule has 0 amide bonds. The highest BCUT2D eigenvalue weighted by Crippen LogP contribution is 2.33. The summed E-state index contributed by atoms with van der Waals surface area (Å²) < 4.78 is 10.8. The highest BCUT2D eigenvalue weighted by atomic mass is 32.1. The van der Waals surface area contributed by atoms with E-state index >= 15 is 0 Å². The molecule has 0 saturated carbocycles. The number of hydrogen-bond acceptors (Lipinski definition) is 6. The van der Waals surface area contributed by atoms with Crippen molar-refractivity contribution in [3.8, 4) is 11.5 Å². The van der Waals surface area contributed by atoms with Gasteiger partial charge in [0.15, 0.2) is 22.6 Å². The van der Waals surface area contributed by atoms with Gasteiger partial charge in [0.2, 0.25) is 0 Å². The molecule has 7 nitrogen and oxygen atoms in total. The fourth-order valence-electron chi connectivity index (χ4n) is 3.23. The van der Waals surface area contributed by atoms with Gasteiger partial charge in [-0.25, -0.2) is 4.98 Å². The lowest BCUT2D eigenvalue weighted by Gasteiger charge is -2.35. The normalized spacial score (nSPS) is 15.6. The molecule has 0 atom stereocenters. The molecule has 1 aromatic carbocycles. The standard InChI is InChI=1S/C20H29N5O2S/c1-20(2,15-5-6-16(26-3)17(13-15)27-4)14-23-18(21)24-8-10-25(11-9-24)19-22-7-12-28-19/h5-7,12-13H,8-11,14H2,1-4H3,(H2,21,23). The number of aromatic nitrogens is 1. The van der Waals surface area contributed by atoms with Crippen molar-refractivity contribution in [1.82, 2.24) is 9.88 Å². The van der Waals surface area contributed by atoms with Crippen LogP contribution in [0.3, 0.4) is 0 Å². The molecule has 0 unspecified atom stereocenters. The van der Waals surface area contributed by atoms with Crippen molar-refractivity contribution in [2.45, 2.75) is 19.3 Å². The lowest BCUT2D eigenvalue weighted by Crippen LogP contribution is -2.51. The molecule has 2 aromatic rings. The molecular formula is C20H29N5O2S. The minimum Gasteiger partial charge on any atom is -0.493 e. The quantitative estimate of drug-likeness (QED) is 0.590. The lowest BCUT2D eigenvalue weighted by molar-refractivity contribution is 0.353. The van der Waals surface area contributed by atoms with Crippen LogP contribution in [0, 0.1) is 0 Å². The number of aliphatic imine (C=N–C) groups is 1. The summed E-state index contributed by atoms with van der Waals surface area (Å²) in [7, 11) is 3.29. The van der Waals surface area contributed by atoms with Gasteiger partial charge >= 0.3 is 0 Å². The van der Waals surface area contributed by atoms with E-state index in [1.54, 1.807) is 25.6 Å². The molecule has 1 aliphatic heterocycles. The molecule has 1 aliphatic rings. The van der Waals surface area contributed by atoms with E-state index in [1.807, 2.05) is 23.7 Å². The van der Waals surface area contributed by atoms with Crippen molar-refractivity contribution in [2.75, 3.05) is 51.8 Å². The van der Waals surface area contributed by atoms with Gasteiger partial charge in [0.1, 0.15) is 0 Å². The van der Waals surface area contributed by atoms with Crippen molar-refractivity contribution in [1.29, 1.82) is 0 Å². The summed E-state index contributed by atoms with van der Waals surface area (Å²) in [6.07, 6.45) is 1.85. The van der Waals surface area contributed by atoms with E-state index in [2.05, 4.69) is 34.7 Å². The molecule has 0 aliphatic carbocycles. The summed E-state index contributed by atoms with van der Waals surface area (Å²) in [5.41, 5.74) is 7.26. The summed E-state index contributed by atoms with van der Waals surface area (Å²) >= 11 is 1.67. The first-order valence-corrected chi connectivity index (χ1v) is 10.2. The zero-order valence-electron chi connectivity index (χ0n) is 17.0. The molecule has 1 saturated heterocycles. The Hall–Kier alpha value is -2.48. The van der Waals surface area contributed by atoms with Crippen LogP contribution in [0.2, 0.25) is 0 Å². The van der Waals surface area contributed by atoms with Crippen LogP contribution >= 0.6 is 11.3 Å². The Kier molecular flexibility index (Phi) is 6.28. The average Bonchev–Trinajstić information content (AvgIpc) is 3.26. The summed E-state index contributed by atoms with van der Waals surface area (Å²) in [5, 5.41) is 3.08. The molecule has 3 rings (SSSR count). The van der Waals surface area contributed by atoms with E-state index < -0.39 is 0 Å². The molecule has 152 valence electrons. The number of rotatable bonds is 6. The second kappa shape index (κ2) is 8.68. The molecule has 8 heteroatoms. The van der Waals surface area contributed by atoms with Crippen LogP contribution in [0.5, 0.6) is 11.5 Å². The maximum atomic E-state index is 6.30. The van der Waals surface area contributed by atoms with Crippen LogP contribution in [0.25, 0.3) is 0 Å². The third-order valence-corrected chi connectivity index (χ3v) is 5.93. The second-order valence-corrected chi connectivity index (χ2v) is 8.29. The van der Waals surface area contributed by atoms with Crippen LogP contribution in [0.4, 0.5) is 5.13 Å². The first-order valence-electron chi connectivity index (χ1n) is 9.36. The molecule has 0 spiro atoms. The minimum absolute atomic E-state index is 0.174. The Morgan fingerprint density at radius 2 is 1.89 bits per heavy atom. The number of nitrogens with two attached hydrogens (primary N) is 1. The van der Waals surface area contributed by atoms with Gasteiger partial charge in [0.25, 0.3) is 0 Å². The van der Waals surface area contributed by atoms with Crippen LogP contribution < -0.4 is 20.1 Å². The van der Waals surface area contributed by atoms with E-state index in [1.165, 1.54) is 0 Å². The average molecular weight is 404 g/mol. The van der Waals surface area contributed by atoms with Crippen molar-refractivity contribution in [2.24, 2.45) is 10.7 Å². The number of piperazine rings is 1. The van der Waals surface area contributed by atoms with Gasteiger partial charge in [-0.1, -0.05) is 19.9 Å². The third-order valence-electron chi connectivity index (χ3n) is 5.09. The van der Waals surface area contributed by atoms with Crippen LogP contribution in [0.15, 0.2) is 34.8 Å². The van der Waals surface area contributed by atoms with Crippen molar-refractivity contribution >= 4 is 22.4 Å². The molecular weight excluding hydrogens is 374 g/mol. The van der Waals surface area contributed by atoms with Gasteiger partial charge < -0.3 is 25.0 Å². The van der Waals surface area contributed by atoms with Crippen LogP contribution in [-0.4, -0.2) is 62.8 Å². The summed E-state index contributed by atoms with van der Waals surface area (Å²) in [4.78, 5) is 13.5. The van der Waals surface area contributed by atoms with Gasteiger partial charge in [-0.05, 0) is 17.7 Å². The molecule has 2 heterocycles. The molecule has 1 fully saturated rings. The van der Waals surface area contributed by atoms with E-state index in [0.717, 1.165) is 48.4 Å². The number of methoxy groups -OCH3 is 2. The minimum atomic E-state index is -0.174. The predicted molar refractivity (Wildman–Crippen MR) is 115 cm³/mol. The van der Waals surface area contributed by atoms with Crippen molar-refractivity contribution in [3.05, 3.63) is 35.3 Å². The molecule has 0 bridgehead atoms. The van der Waals surface area contributed by atoms with E-state index in [-0.39, 0.29) is 5.41 Å². The molecule has 1 aromatic heterocycles. The summed E-state index contributed by atoms with van der Waals surface area (Å²) in [5.74, 6) is 2.05. The van der Waals surface area contributed by atoms with Gasteiger partial charge in [-0.15, -0.1) is 11.3 Å². The Morgan fingerprint density at radius 3 is 2.50 bits per heavy atom. The maximum absolute atomic E-state index is 6.30. The predicted octanol–water partition coefficient (Wildman–Crippen LogP) is 2.57. The Balaban J connectivity index is 1.62. The van der Waals surface area contributed by atoms with Crippen LogP contribution in [-0.2, 0) is 5.41 Å². The first-order chi connectivity index (χ1) is 13.4. The topological polar surface area (TPSA) is 76.2 Å². The number of hydrogen-bond donors (Lipinski definition) is 1. The number of thiazole rings is 1. The third kappa shape index (κ3) is 4.49. The van der Waals surface area contributed by atoms with Gasteiger partial charge in [-0.2, -0.15) is 0 Å². The lowest BCUT2D eigenvalue weighted by atomic mass is 9.84. The fourth-order valence-corrected chi connectivity index (χ4v) is 3.92. The Labute approximate surface area is 170 Å². The highest BCUT2D eigenvalue weighted by molar-refractivity contribution is 7.13. The summed E-state index contributed by atoms with van der Waals surface area (Å²) in [6.45, 7) is 8.43. The summed E-state index contributed by atoms with van der Waals surface area (Å²) in [6, 6.07) is 6.00. The fraction of sp³-hybridized carbons (Fsp3) is 0.500. The molecule has 2 N–H and O–H groups in total. The Bertz CT molecular complexity index is 799.